The fourth-order valence-corrected chi connectivity index (χ4v) is 2.77. The van der Waals surface area contributed by atoms with Crippen molar-refractivity contribution in [1.82, 2.24) is 0 Å². The summed E-state index contributed by atoms with van der Waals surface area (Å²) in [6.45, 7) is -0.773. The molecule has 0 bridgehead atoms. The average molecular weight is 392 g/mol. The van der Waals surface area contributed by atoms with Crippen LogP contribution in [0.5, 0.6) is 0 Å². The largest absolute Gasteiger partial charge is 0.469 e. The van der Waals surface area contributed by atoms with Crippen LogP contribution in [0, 0.1) is 0 Å². The minimum absolute atomic E-state index is 0.0910. The number of methoxy groups -OCH3 is 1. The van der Waals surface area contributed by atoms with E-state index in [-0.39, 0.29) is 12.4 Å². The minimum atomic E-state index is -1.82. The fraction of sp³-hybridized carbons (Fsp3) is 0.895. The summed E-state index contributed by atoms with van der Waals surface area (Å²) in [7, 11) is 1.39. The highest BCUT2D eigenvalue weighted by Crippen LogP contribution is 2.13. The van der Waals surface area contributed by atoms with Gasteiger partial charge < -0.3 is 30.3 Å². The zero-order valence-electron chi connectivity index (χ0n) is 16.3. The zero-order valence-corrected chi connectivity index (χ0v) is 16.3. The molecule has 8 nitrogen and oxygen atoms in total. The van der Waals surface area contributed by atoms with Gasteiger partial charge in [0.15, 0.2) is 5.78 Å². The van der Waals surface area contributed by atoms with E-state index in [4.69, 9.17) is 5.11 Å². The Kier molecular flexibility index (Phi) is 15.3. The SMILES string of the molecule is COC(=O)CCCCCCCCCCCC(=O)C(O)C(O)C(O)C(O)CO. The Morgan fingerprint density at radius 1 is 0.741 bits per heavy atom. The fourth-order valence-electron chi connectivity index (χ4n) is 2.77. The molecule has 0 aliphatic rings. The molecule has 0 amide bonds. The molecule has 5 N–H and O–H groups in total. The third-order valence-electron chi connectivity index (χ3n) is 4.62. The summed E-state index contributed by atoms with van der Waals surface area (Å²) in [5.74, 6) is -0.751. The molecule has 0 saturated heterocycles. The predicted octanol–water partition coefficient (Wildman–Crippen LogP) is 0.455. The van der Waals surface area contributed by atoms with E-state index in [0.717, 1.165) is 51.4 Å². The normalized spacial score (nSPS) is 15.8. The Bertz CT molecular complexity index is 401. The Labute approximate surface area is 161 Å². The second-order valence-corrected chi connectivity index (χ2v) is 6.90. The van der Waals surface area contributed by atoms with Gasteiger partial charge >= 0.3 is 5.97 Å². The first-order chi connectivity index (χ1) is 12.8. The topological polar surface area (TPSA) is 145 Å². The van der Waals surface area contributed by atoms with E-state index in [9.17, 15) is 30.0 Å². The number of ether oxygens (including phenoxy) is 1. The summed E-state index contributed by atoms with van der Waals surface area (Å²) in [4.78, 5) is 22.7. The summed E-state index contributed by atoms with van der Waals surface area (Å²) < 4.78 is 4.58. The monoisotopic (exact) mass is 392 g/mol. The second-order valence-electron chi connectivity index (χ2n) is 6.90. The number of hydrogen-bond acceptors (Lipinski definition) is 8. The number of carbonyl (C=O) groups excluding carboxylic acids is 2. The maximum absolute atomic E-state index is 11.8. The molecule has 0 aliphatic carbocycles. The molecule has 0 aromatic heterocycles. The van der Waals surface area contributed by atoms with Gasteiger partial charge in [0.05, 0.1) is 13.7 Å². The van der Waals surface area contributed by atoms with Crippen LogP contribution in [0.25, 0.3) is 0 Å². The highest BCUT2D eigenvalue weighted by atomic mass is 16.5. The number of hydrogen-bond donors (Lipinski definition) is 5. The standard InChI is InChI=1S/C19H36O8/c1-27-16(23)12-10-8-6-4-2-3-5-7-9-11-14(21)17(24)19(26)18(25)15(22)13-20/h15,17-20,22,24-26H,2-13H2,1H3. The molecule has 0 spiro atoms. The number of carbonyl (C=O) groups is 2. The van der Waals surface area contributed by atoms with Crippen LogP contribution in [0.3, 0.4) is 0 Å². The summed E-state index contributed by atoms with van der Waals surface area (Å²) in [5.41, 5.74) is 0. The maximum Gasteiger partial charge on any atom is 0.305 e. The number of ketones is 1. The van der Waals surface area contributed by atoms with Crippen LogP contribution < -0.4 is 0 Å². The molecule has 4 atom stereocenters. The molecule has 0 fully saturated rings. The smallest absolute Gasteiger partial charge is 0.305 e. The molecule has 8 heteroatoms. The molecule has 0 aromatic rings. The van der Waals surface area contributed by atoms with E-state index in [1.807, 2.05) is 0 Å². The van der Waals surface area contributed by atoms with Crippen LogP contribution in [0.4, 0.5) is 0 Å². The third-order valence-corrected chi connectivity index (χ3v) is 4.62. The van der Waals surface area contributed by atoms with Crippen LogP contribution in [-0.4, -0.2) is 75.4 Å². The van der Waals surface area contributed by atoms with Gasteiger partial charge in [0.1, 0.15) is 24.4 Å². The number of Topliss-reactive ketones (excluding diaryl/α,β-unsaturated/α-hetero) is 1. The Morgan fingerprint density at radius 3 is 1.63 bits per heavy atom. The van der Waals surface area contributed by atoms with Gasteiger partial charge in [-0.25, -0.2) is 0 Å². The van der Waals surface area contributed by atoms with Crippen LogP contribution in [0.1, 0.15) is 70.6 Å². The van der Waals surface area contributed by atoms with E-state index >= 15 is 0 Å². The molecule has 0 rings (SSSR count). The summed E-state index contributed by atoms with van der Waals surface area (Å²) >= 11 is 0. The molecule has 0 heterocycles. The van der Waals surface area contributed by atoms with Crippen LogP contribution in [0.15, 0.2) is 0 Å². The molecule has 0 aliphatic heterocycles. The van der Waals surface area contributed by atoms with Gasteiger partial charge in [-0.1, -0.05) is 44.9 Å². The average Bonchev–Trinajstić information content (AvgIpc) is 2.68. The number of unbranched alkanes of at least 4 members (excludes halogenated alkanes) is 8. The van der Waals surface area contributed by atoms with Crippen molar-refractivity contribution in [2.24, 2.45) is 0 Å². The van der Waals surface area contributed by atoms with Gasteiger partial charge in [0.25, 0.3) is 0 Å². The van der Waals surface area contributed by atoms with Gasteiger partial charge in [-0.2, -0.15) is 0 Å². The highest BCUT2D eigenvalue weighted by molar-refractivity contribution is 5.83. The Balaban J connectivity index is 3.64. The molecule has 160 valence electrons. The van der Waals surface area contributed by atoms with Gasteiger partial charge in [-0.3, -0.25) is 9.59 Å². The lowest BCUT2D eigenvalue weighted by molar-refractivity contribution is -0.147. The van der Waals surface area contributed by atoms with E-state index < -0.39 is 36.8 Å². The van der Waals surface area contributed by atoms with Crippen LogP contribution in [-0.2, 0) is 14.3 Å². The van der Waals surface area contributed by atoms with Crippen molar-refractivity contribution in [3.8, 4) is 0 Å². The number of aliphatic hydroxyl groups excluding tert-OH is 5. The van der Waals surface area contributed by atoms with Crippen molar-refractivity contribution in [2.45, 2.75) is 95.0 Å². The molecule has 27 heavy (non-hydrogen) atoms. The van der Waals surface area contributed by atoms with Crippen molar-refractivity contribution in [1.29, 1.82) is 0 Å². The molecule has 0 saturated carbocycles. The number of aliphatic hydroxyl groups is 5. The van der Waals surface area contributed by atoms with Gasteiger partial charge in [0.2, 0.25) is 0 Å². The quantitative estimate of drug-likeness (QED) is 0.177. The first kappa shape index (κ1) is 25.9. The van der Waals surface area contributed by atoms with Gasteiger partial charge in [0, 0.05) is 12.8 Å². The minimum Gasteiger partial charge on any atom is -0.469 e. The van der Waals surface area contributed by atoms with Crippen molar-refractivity contribution < 1.29 is 39.9 Å². The molecule has 4 unspecified atom stereocenters. The lowest BCUT2D eigenvalue weighted by atomic mass is 9.97. The van der Waals surface area contributed by atoms with Crippen molar-refractivity contribution >= 4 is 11.8 Å². The maximum atomic E-state index is 11.8. The Hall–Kier alpha value is -1.06. The summed E-state index contributed by atoms with van der Waals surface area (Å²) in [5, 5.41) is 46.8. The highest BCUT2D eigenvalue weighted by Gasteiger charge is 2.33. The molecular weight excluding hydrogens is 356 g/mol. The lowest BCUT2D eigenvalue weighted by Crippen LogP contribution is -2.48. The third kappa shape index (κ3) is 12.1. The summed E-state index contributed by atoms with van der Waals surface area (Å²) in [6.07, 6.45) is 2.19. The second kappa shape index (κ2) is 15.9. The van der Waals surface area contributed by atoms with Crippen LogP contribution in [0.2, 0.25) is 0 Å². The van der Waals surface area contributed by atoms with E-state index in [1.165, 1.54) is 7.11 Å². The van der Waals surface area contributed by atoms with E-state index in [2.05, 4.69) is 4.74 Å². The van der Waals surface area contributed by atoms with Crippen molar-refractivity contribution in [3.05, 3.63) is 0 Å². The van der Waals surface area contributed by atoms with Gasteiger partial charge in [-0.15, -0.1) is 0 Å². The first-order valence-electron chi connectivity index (χ1n) is 9.77. The van der Waals surface area contributed by atoms with Crippen LogP contribution >= 0.6 is 0 Å². The number of esters is 1. The van der Waals surface area contributed by atoms with Crippen molar-refractivity contribution in [3.63, 3.8) is 0 Å². The summed E-state index contributed by atoms with van der Waals surface area (Å²) in [6, 6.07) is 0. The first-order valence-corrected chi connectivity index (χ1v) is 9.77. The molecule has 0 aromatic carbocycles. The lowest BCUT2D eigenvalue weighted by Gasteiger charge is -2.24. The Morgan fingerprint density at radius 2 is 1.19 bits per heavy atom. The number of rotatable bonds is 17. The zero-order chi connectivity index (χ0) is 20.7. The van der Waals surface area contributed by atoms with Crippen molar-refractivity contribution in [2.75, 3.05) is 13.7 Å². The van der Waals surface area contributed by atoms with Gasteiger partial charge in [-0.05, 0) is 12.8 Å². The van der Waals surface area contributed by atoms with E-state index in [0.29, 0.717) is 12.8 Å². The van der Waals surface area contributed by atoms with E-state index in [1.54, 1.807) is 0 Å². The predicted molar refractivity (Wildman–Crippen MR) is 98.9 cm³/mol. The molecular formula is C19H36O8. The molecule has 0 radical (unpaired) electrons.